The highest BCUT2D eigenvalue weighted by Crippen LogP contribution is 2.47. The number of benzene rings is 1. The van der Waals surface area contributed by atoms with E-state index in [2.05, 4.69) is 53.8 Å². The summed E-state index contributed by atoms with van der Waals surface area (Å²) in [6.45, 7) is 4.16. The maximum absolute atomic E-state index is 9.47. The van der Waals surface area contributed by atoms with Gasteiger partial charge in [0.05, 0.1) is 6.61 Å². The zero-order chi connectivity index (χ0) is 15.3. The van der Waals surface area contributed by atoms with E-state index in [0.29, 0.717) is 12.0 Å². The molecule has 0 amide bonds. The first-order valence-electron chi connectivity index (χ1n) is 8.30. The van der Waals surface area contributed by atoms with Crippen LogP contribution in [0.4, 0.5) is 0 Å². The van der Waals surface area contributed by atoms with Crippen molar-refractivity contribution in [2.24, 2.45) is 13.0 Å². The van der Waals surface area contributed by atoms with E-state index in [0.717, 1.165) is 19.5 Å². The molecular formula is C19H24N2O. The maximum Gasteiger partial charge on any atom is 0.0558 e. The number of fused-ring (bicyclic) bond motifs is 6. The molecule has 1 saturated heterocycles. The van der Waals surface area contributed by atoms with Crippen LogP contribution < -0.4 is 0 Å². The number of rotatable bonds is 2. The SMILES string of the molecule is C/C=C1/CN(CCO)C2CC1Cc1c2c2ccccc2n1C. The van der Waals surface area contributed by atoms with Crippen LogP contribution >= 0.6 is 0 Å². The molecule has 2 aromatic rings. The number of aromatic nitrogens is 1. The Balaban J connectivity index is 1.92. The van der Waals surface area contributed by atoms with E-state index in [1.165, 1.54) is 28.6 Å². The van der Waals surface area contributed by atoms with Crippen molar-refractivity contribution in [3.05, 3.63) is 47.2 Å². The molecule has 1 aliphatic carbocycles. The number of likely N-dealkylation sites (tertiary alicyclic amines) is 1. The van der Waals surface area contributed by atoms with Gasteiger partial charge in [-0.2, -0.15) is 0 Å². The first-order chi connectivity index (χ1) is 10.7. The van der Waals surface area contributed by atoms with Crippen LogP contribution in [-0.2, 0) is 13.5 Å². The first-order valence-corrected chi connectivity index (χ1v) is 8.30. The van der Waals surface area contributed by atoms with Crippen molar-refractivity contribution in [2.45, 2.75) is 25.8 Å². The molecule has 2 atom stereocenters. The molecule has 1 aromatic carbocycles. The molecule has 1 aliphatic heterocycles. The molecule has 0 radical (unpaired) electrons. The van der Waals surface area contributed by atoms with E-state index in [4.69, 9.17) is 0 Å². The predicted octanol–water partition coefficient (Wildman–Crippen LogP) is 3.04. The maximum atomic E-state index is 9.47. The average Bonchev–Trinajstić information content (AvgIpc) is 2.84. The summed E-state index contributed by atoms with van der Waals surface area (Å²) < 4.78 is 2.39. The van der Waals surface area contributed by atoms with Crippen molar-refractivity contribution in [3.63, 3.8) is 0 Å². The number of piperidine rings is 1. The van der Waals surface area contributed by atoms with Gasteiger partial charge in [0.15, 0.2) is 0 Å². The fourth-order valence-corrected chi connectivity index (χ4v) is 4.58. The van der Waals surface area contributed by atoms with Crippen molar-refractivity contribution < 1.29 is 5.11 Å². The van der Waals surface area contributed by atoms with Gasteiger partial charge in [-0.05, 0) is 37.3 Å². The van der Waals surface area contributed by atoms with Crippen LogP contribution in [0, 0.1) is 5.92 Å². The number of allylic oxidation sites excluding steroid dienone is 1. The van der Waals surface area contributed by atoms with E-state index in [-0.39, 0.29) is 6.61 Å². The Morgan fingerprint density at radius 1 is 1.32 bits per heavy atom. The molecule has 1 aromatic heterocycles. The minimum Gasteiger partial charge on any atom is -0.395 e. The van der Waals surface area contributed by atoms with Gasteiger partial charge >= 0.3 is 0 Å². The van der Waals surface area contributed by atoms with Crippen molar-refractivity contribution in [1.29, 1.82) is 0 Å². The second-order valence-electron chi connectivity index (χ2n) is 6.65. The molecule has 4 rings (SSSR count). The minimum absolute atomic E-state index is 0.234. The van der Waals surface area contributed by atoms with Crippen LogP contribution in [-0.4, -0.2) is 34.3 Å². The first kappa shape index (κ1) is 14.0. The second kappa shape index (κ2) is 5.25. The minimum atomic E-state index is 0.234. The highest BCUT2D eigenvalue weighted by molar-refractivity contribution is 5.86. The van der Waals surface area contributed by atoms with Gasteiger partial charge < -0.3 is 9.67 Å². The number of aliphatic hydroxyl groups is 1. The fourth-order valence-electron chi connectivity index (χ4n) is 4.58. The molecule has 1 N–H and O–H groups in total. The van der Waals surface area contributed by atoms with Crippen LogP contribution in [0.5, 0.6) is 0 Å². The van der Waals surface area contributed by atoms with Gasteiger partial charge in [0.2, 0.25) is 0 Å². The van der Waals surface area contributed by atoms with Gasteiger partial charge in [0, 0.05) is 42.8 Å². The van der Waals surface area contributed by atoms with E-state index < -0.39 is 0 Å². The summed E-state index contributed by atoms with van der Waals surface area (Å²) >= 11 is 0. The lowest BCUT2D eigenvalue weighted by Crippen LogP contribution is -2.43. The Kier molecular flexibility index (Phi) is 3.35. The number of hydrogen-bond acceptors (Lipinski definition) is 2. The monoisotopic (exact) mass is 296 g/mol. The number of β-amino-alcohol motifs (C(OH)–C–C–N with tert-alkyl or cyclic N) is 1. The molecule has 3 heteroatoms. The van der Waals surface area contributed by atoms with Crippen LogP contribution in [0.25, 0.3) is 10.9 Å². The fraction of sp³-hybridized carbons (Fsp3) is 0.474. The van der Waals surface area contributed by atoms with Gasteiger partial charge in [-0.3, -0.25) is 4.90 Å². The largest absolute Gasteiger partial charge is 0.395 e. The Morgan fingerprint density at radius 2 is 2.14 bits per heavy atom. The standard InChI is InChI=1S/C19H24N2O/c1-3-13-12-21(8-9-22)18-11-14(13)10-17-19(18)15-6-4-5-7-16(15)20(17)2/h3-7,14,18,22H,8-12H2,1-2H3/b13-3-. The average molecular weight is 296 g/mol. The Labute approximate surface area is 131 Å². The van der Waals surface area contributed by atoms with Crippen LogP contribution in [0.3, 0.4) is 0 Å². The van der Waals surface area contributed by atoms with Gasteiger partial charge in [-0.15, -0.1) is 0 Å². The highest BCUT2D eigenvalue weighted by atomic mass is 16.3. The topological polar surface area (TPSA) is 28.4 Å². The predicted molar refractivity (Wildman–Crippen MR) is 89.9 cm³/mol. The molecule has 22 heavy (non-hydrogen) atoms. The number of nitrogens with zero attached hydrogens (tertiary/aromatic N) is 2. The summed E-state index contributed by atoms with van der Waals surface area (Å²) in [5, 5.41) is 10.9. The molecule has 1 fully saturated rings. The van der Waals surface area contributed by atoms with Gasteiger partial charge in [0.25, 0.3) is 0 Å². The number of aryl methyl sites for hydroxylation is 1. The summed E-state index contributed by atoms with van der Waals surface area (Å²) in [6, 6.07) is 9.21. The molecule has 2 aliphatic rings. The smallest absolute Gasteiger partial charge is 0.0558 e. The van der Waals surface area contributed by atoms with Crippen molar-refractivity contribution >= 4 is 10.9 Å². The molecular weight excluding hydrogens is 272 g/mol. The Morgan fingerprint density at radius 3 is 2.91 bits per heavy atom. The normalized spacial score (nSPS) is 26.6. The Hall–Kier alpha value is -1.58. The van der Waals surface area contributed by atoms with Crippen LogP contribution in [0.2, 0.25) is 0 Å². The van der Waals surface area contributed by atoms with Crippen LogP contribution in [0.1, 0.15) is 30.6 Å². The van der Waals surface area contributed by atoms with E-state index in [9.17, 15) is 5.11 Å². The van der Waals surface area contributed by atoms with Gasteiger partial charge in [0.1, 0.15) is 0 Å². The summed E-state index contributed by atoms with van der Waals surface area (Å²) in [7, 11) is 2.20. The summed E-state index contributed by atoms with van der Waals surface area (Å²) in [5.41, 5.74) is 5.88. The number of aliphatic hydroxyl groups excluding tert-OH is 1. The van der Waals surface area contributed by atoms with Gasteiger partial charge in [-0.1, -0.05) is 29.8 Å². The summed E-state index contributed by atoms with van der Waals surface area (Å²) in [6.07, 6.45) is 4.64. The number of para-hydroxylation sites is 1. The second-order valence-corrected chi connectivity index (χ2v) is 6.65. The highest BCUT2D eigenvalue weighted by Gasteiger charge is 2.39. The molecule has 2 heterocycles. The van der Waals surface area contributed by atoms with E-state index >= 15 is 0 Å². The van der Waals surface area contributed by atoms with Crippen LogP contribution in [0.15, 0.2) is 35.9 Å². The van der Waals surface area contributed by atoms with Gasteiger partial charge in [-0.25, -0.2) is 0 Å². The van der Waals surface area contributed by atoms with Crippen molar-refractivity contribution in [2.75, 3.05) is 19.7 Å². The molecule has 116 valence electrons. The third-order valence-electron chi connectivity index (χ3n) is 5.66. The lowest BCUT2D eigenvalue weighted by atomic mass is 9.75. The van der Waals surface area contributed by atoms with Crippen molar-refractivity contribution in [1.82, 2.24) is 9.47 Å². The van der Waals surface area contributed by atoms with Crippen molar-refractivity contribution in [3.8, 4) is 0 Å². The quantitative estimate of drug-likeness (QED) is 0.863. The molecule has 0 spiro atoms. The summed E-state index contributed by atoms with van der Waals surface area (Å²) in [4.78, 5) is 2.47. The molecule has 0 saturated carbocycles. The van der Waals surface area contributed by atoms with E-state index in [1.54, 1.807) is 5.57 Å². The number of hydrogen-bond donors (Lipinski definition) is 1. The lowest BCUT2D eigenvalue weighted by Gasteiger charge is -2.45. The third kappa shape index (κ3) is 1.89. The van der Waals surface area contributed by atoms with E-state index in [1.807, 2.05) is 0 Å². The zero-order valence-electron chi connectivity index (χ0n) is 13.4. The summed E-state index contributed by atoms with van der Waals surface area (Å²) in [5.74, 6) is 0.667. The molecule has 2 unspecified atom stereocenters. The molecule has 3 nitrogen and oxygen atoms in total. The molecule has 2 bridgehead atoms. The zero-order valence-corrected chi connectivity index (χ0v) is 13.4. The third-order valence-corrected chi connectivity index (χ3v) is 5.66. The lowest BCUT2D eigenvalue weighted by molar-refractivity contribution is 0.112. The Bertz CT molecular complexity index is 743.